The van der Waals surface area contributed by atoms with E-state index in [9.17, 15) is 22.7 Å². The number of aliphatic hydroxyl groups excluding tert-OH is 1. The lowest BCUT2D eigenvalue weighted by molar-refractivity contribution is -0.140. The van der Waals surface area contributed by atoms with E-state index in [0.717, 1.165) is 25.0 Å². The summed E-state index contributed by atoms with van der Waals surface area (Å²) in [5, 5.41) is 9.76. The van der Waals surface area contributed by atoms with Crippen molar-refractivity contribution in [3.05, 3.63) is 35.1 Å². The van der Waals surface area contributed by atoms with Crippen molar-refractivity contribution in [3.63, 3.8) is 0 Å². The van der Waals surface area contributed by atoms with Gasteiger partial charge in [-0.25, -0.2) is 4.39 Å². The third-order valence-corrected chi connectivity index (χ3v) is 3.16. The van der Waals surface area contributed by atoms with Gasteiger partial charge in [0.1, 0.15) is 5.82 Å². The van der Waals surface area contributed by atoms with Gasteiger partial charge in [-0.15, -0.1) is 0 Å². The third kappa shape index (κ3) is 2.64. The molecule has 0 bridgehead atoms. The molecule has 1 aliphatic rings. The number of hydrogen-bond donors (Lipinski definition) is 2. The minimum Gasteiger partial charge on any atom is -0.391 e. The maximum atomic E-state index is 13.3. The highest BCUT2D eigenvalue weighted by Gasteiger charge is 2.36. The van der Waals surface area contributed by atoms with Crippen molar-refractivity contribution in [2.75, 3.05) is 0 Å². The highest BCUT2D eigenvalue weighted by molar-refractivity contribution is 5.29. The Hall–Kier alpha value is -1.14. The second-order valence-electron chi connectivity index (χ2n) is 4.59. The van der Waals surface area contributed by atoms with E-state index in [1.807, 2.05) is 0 Å². The van der Waals surface area contributed by atoms with Crippen molar-refractivity contribution in [1.82, 2.24) is 0 Å². The Kier molecular flexibility index (Phi) is 3.33. The number of nitrogens with two attached hydrogens (primary N) is 1. The molecule has 1 aromatic rings. The van der Waals surface area contributed by atoms with Crippen LogP contribution in [0, 0.1) is 11.7 Å². The van der Waals surface area contributed by atoms with E-state index < -0.39 is 29.7 Å². The number of benzene rings is 1. The van der Waals surface area contributed by atoms with Gasteiger partial charge < -0.3 is 10.8 Å². The van der Waals surface area contributed by atoms with Gasteiger partial charge in [-0.2, -0.15) is 13.2 Å². The number of halogens is 4. The Labute approximate surface area is 101 Å². The molecule has 1 fully saturated rings. The highest BCUT2D eigenvalue weighted by atomic mass is 19.4. The minimum atomic E-state index is -4.72. The zero-order chi connectivity index (χ0) is 13.5. The summed E-state index contributed by atoms with van der Waals surface area (Å²) >= 11 is 0. The van der Waals surface area contributed by atoms with Crippen molar-refractivity contribution < 1.29 is 22.7 Å². The average Bonchev–Trinajstić information content (AvgIpc) is 3.09. The first-order valence-electron chi connectivity index (χ1n) is 5.61. The zero-order valence-electron chi connectivity index (χ0n) is 9.41. The average molecular weight is 263 g/mol. The molecule has 100 valence electrons. The summed E-state index contributed by atoms with van der Waals surface area (Å²) in [6.07, 6.45) is -3.86. The van der Waals surface area contributed by atoms with Crippen molar-refractivity contribution in [2.24, 2.45) is 11.7 Å². The summed E-state index contributed by atoms with van der Waals surface area (Å²) in [6, 6.07) is 1.67. The summed E-state index contributed by atoms with van der Waals surface area (Å²) in [5.74, 6) is -1.29. The fourth-order valence-electron chi connectivity index (χ4n) is 1.90. The Morgan fingerprint density at radius 2 is 1.89 bits per heavy atom. The summed E-state index contributed by atoms with van der Waals surface area (Å²) in [7, 11) is 0. The molecule has 1 aromatic carbocycles. The topological polar surface area (TPSA) is 46.2 Å². The zero-order valence-corrected chi connectivity index (χ0v) is 9.41. The first-order valence-corrected chi connectivity index (χ1v) is 5.61. The number of aliphatic hydroxyl groups is 1. The lowest BCUT2D eigenvalue weighted by Gasteiger charge is -2.19. The summed E-state index contributed by atoms with van der Waals surface area (Å²) in [6.45, 7) is 0. The van der Waals surface area contributed by atoms with E-state index in [0.29, 0.717) is 6.07 Å². The second kappa shape index (κ2) is 4.51. The fourth-order valence-corrected chi connectivity index (χ4v) is 1.90. The molecule has 0 radical (unpaired) electrons. The van der Waals surface area contributed by atoms with Crippen LogP contribution in [0.4, 0.5) is 17.6 Å². The molecular formula is C12H13F4NO. The first kappa shape index (κ1) is 13.3. The second-order valence-corrected chi connectivity index (χ2v) is 4.59. The third-order valence-electron chi connectivity index (χ3n) is 3.16. The van der Waals surface area contributed by atoms with Crippen LogP contribution in [0.5, 0.6) is 0 Å². The van der Waals surface area contributed by atoms with E-state index in [1.54, 1.807) is 0 Å². The molecule has 0 amide bonds. The maximum absolute atomic E-state index is 13.3. The van der Waals surface area contributed by atoms with Crippen LogP contribution in [0.2, 0.25) is 0 Å². The van der Waals surface area contributed by atoms with Gasteiger partial charge in [0, 0.05) is 0 Å². The predicted molar refractivity (Wildman–Crippen MR) is 57.1 cm³/mol. The van der Waals surface area contributed by atoms with Crippen molar-refractivity contribution in [1.29, 1.82) is 0 Å². The van der Waals surface area contributed by atoms with Crippen LogP contribution in [-0.4, -0.2) is 11.2 Å². The van der Waals surface area contributed by atoms with Gasteiger partial charge in [0.05, 0.1) is 17.7 Å². The van der Waals surface area contributed by atoms with Crippen LogP contribution in [0.15, 0.2) is 18.2 Å². The smallest absolute Gasteiger partial charge is 0.391 e. The van der Waals surface area contributed by atoms with Crippen LogP contribution >= 0.6 is 0 Å². The Bertz CT molecular complexity index is 442. The molecule has 0 heterocycles. The largest absolute Gasteiger partial charge is 0.419 e. The van der Waals surface area contributed by atoms with Gasteiger partial charge in [-0.1, -0.05) is 6.07 Å². The molecule has 1 aliphatic carbocycles. The highest BCUT2D eigenvalue weighted by Crippen LogP contribution is 2.38. The fraction of sp³-hybridized carbons (Fsp3) is 0.500. The summed E-state index contributed by atoms with van der Waals surface area (Å²) in [5.41, 5.74) is 4.57. The molecule has 2 atom stereocenters. The van der Waals surface area contributed by atoms with E-state index in [-0.39, 0.29) is 11.5 Å². The van der Waals surface area contributed by atoms with Gasteiger partial charge in [-0.3, -0.25) is 0 Å². The summed E-state index contributed by atoms with van der Waals surface area (Å²) < 4.78 is 50.4. The molecule has 0 aromatic heterocycles. The van der Waals surface area contributed by atoms with Crippen molar-refractivity contribution >= 4 is 0 Å². The van der Waals surface area contributed by atoms with Crippen molar-refractivity contribution in [3.8, 4) is 0 Å². The monoisotopic (exact) mass is 263 g/mol. The van der Waals surface area contributed by atoms with E-state index in [1.165, 1.54) is 0 Å². The molecule has 3 N–H and O–H groups in total. The quantitative estimate of drug-likeness (QED) is 0.823. The molecule has 0 aliphatic heterocycles. The number of hydrogen-bond acceptors (Lipinski definition) is 2. The van der Waals surface area contributed by atoms with E-state index in [4.69, 9.17) is 5.73 Å². The Morgan fingerprint density at radius 1 is 1.28 bits per heavy atom. The van der Waals surface area contributed by atoms with Gasteiger partial charge >= 0.3 is 6.18 Å². The molecule has 0 saturated heterocycles. The lowest BCUT2D eigenvalue weighted by atomic mass is 9.97. The molecule has 0 unspecified atom stereocenters. The predicted octanol–water partition coefficient (Wildman–Crippen LogP) is 2.62. The van der Waals surface area contributed by atoms with Crippen LogP contribution in [-0.2, 0) is 6.18 Å². The van der Waals surface area contributed by atoms with E-state index in [2.05, 4.69) is 0 Å². The first-order chi connectivity index (χ1) is 8.30. The van der Waals surface area contributed by atoms with Gasteiger partial charge in [0.15, 0.2) is 0 Å². The minimum absolute atomic E-state index is 0.0744. The van der Waals surface area contributed by atoms with Crippen LogP contribution in [0.25, 0.3) is 0 Å². The van der Waals surface area contributed by atoms with Crippen LogP contribution < -0.4 is 5.73 Å². The summed E-state index contributed by atoms with van der Waals surface area (Å²) in [4.78, 5) is 0. The standard InChI is InChI=1S/C12H13F4NO/c13-9-5-7(3-4-8(9)12(14,15)16)10(17)11(18)6-1-2-6/h3-6,10-11,18H,1-2,17H2/t10-,11+/m1/s1. The molecule has 0 spiro atoms. The molecular weight excluding hydrogens is 250 g/mol. The number of rotatable bonds is 3. The normalized spacial score (nSPS) is 19.7. The number of alkyl halides is 3. The van der Waals surface area contributed by atoms with E-state index >= 15 is 0 Å². The molecule has 6 heteroatoms. The maximum Gasteiger partial charge on any atom is 0.419 e. The van der Waals surface area contributed by atoms with Gasteiger partial charge in [0.25, 0.3) is 0 Å². The Balaban J connectivity index is 2.22. The molecule has 2 rings (SSSR count). The van der Waals surface area contributed by atoms with Crippen LogP contribution in [0.3, 0.4) is 0 Å². The lowest BCUT2D eigenvalue weighted by Crippen LogP contribution is -2.28. The SMILES string of the molecule is N[C@H](c1ccc(C(F)(F)F)c(F)c1)[C@@H](O)C1CC1. The van der Waals surface area contributed by atoms with Crippen LogP contribution in [0.1, 0.15) is 30.0 Å². The Morgan fingerprint density at radius 3 is 2.33 bits per heavy atom. The molecule has 2 nitrogen and oxygen atoms in total. The molecule has 18 heavy (non-hydrogen) atoms. The van der Waals surface area contributed by atoms with Gasteiger partial charge in [-0.05, 0) is 36.5 Å². The molecule has 1 saturated carbocycles. The van der Waals surface area contributed by atoms with Gasteiger partial charge in [0.2, 0.25) is 0 Å². The van der Waals surface area contributed by atoms with Crippen molar-refractivity contribution in [2.45, 2.75) is 31.2 Å².